The van der Waals surface area contributed by atoms with Crippen LogP contribution in [-0.2, 0) is 14.3 Å². The first-order chi connectivity index (χ1) is 5.45. The van der Waals surface area contributed by atoms with Gasteiger partial charge in [0.25, 0.3) is 5.91 Å². The second-order valence-corrected chi connectivity index (χ2v) is 3.64. The maximum absolute atomic E-state index is 11.0. The second kappa shape index (κ2) is 2.29. The molecule has 0 bridgehead atoms. The standard InChI is InChI=1S/C8H13NO3/c1-7(2)5(4-10)8(7,12-3)6(9)11/h4-5H,1-3H3,(H2,9,11). The highest BCUT2D eigenvalue weighted by Gasteiger charge is 2.76. The van der Waals surface area contributed by atoms with Crippen molar-refractivity contribution in [1.29, 1.82) is 0 Å². The van der Waals surface area contributed by atoms with Gasteiger partial charge in [0.15, 0.2) is 5.60 Å². The molecule has 0 spiro atoms. The molecule has 0 aliphatic heterocycles. The minimum atomic E-state index is -1.07. The van der Waals surface area contributed by atoms with Crippen LogP contribution in [0.25, 0.3) is 0 Å². The van der Waals surface area contributed by atoms with Crippen molar-refractivity contribution in [3.63, 3.8) is 0 Å². The van der Waals surface area contributed by atoms with Crippen LogP contribution in [0.1, 0.15) is 13.8 Å². The van der Waals surface area contributed by atoms with Crippen molar-refractivity contribution in [1.82, 2.24) is 0 Å². The third-order valence-electron chi connectivity index (χ3n) is 2.91. The zero-order valence-electron chi connectivity index (χ0n) is 7.46. The highest BCUT2D eigenvalue weighted by atomic mass is 16.5. The summed E-state index contributed by atoms with van der Waals surface area (Å²) >= 11 is 0. The summed E-state index contributed by atoms with van der Waals surface area (Å²) in [5.41, 5.74) is 3.62. The van der Waals surface area contributed by atoms with E-state index in [1.54, 1.807) is 13.8 Å². The number of nitrogens with two attached hydrogens (primary N) is 1. The number of ether oxygens (including phenoxy) is 1. The summed E-state index contributed by atoms with van der Waals surface area (Å²) in [6.45, 7) is 3.58. The zero-order valence-corrected chi connectivity index (χ0v) is 7.46. The van der Waals surface area contributed by atoms with Crippen LogP contribution in [0.15, 0.2) is 0 Å². The fourth-order valence-corrected chi connectivity index (χ4v) is 1.99. The van der Waals surface area contributed by atoms with Crippen molar-refractivity contribution < 1.29 is 14.3 Å². The van der Waals surface area contributed by atoms with Crippen LogP contribution in [0.4, 0.5) is 0 Å². The van der Waals surface area contributed by atoms with Gasteiger partial charge in [0.2, 0.25) is 0 Å². The number of methoxy groups -OCH3 is 1. The number of hydrogen-bond acceptors (Lipinski definition) is 3. The van der Waals surface area contributed by atoms with Gasteiger partial charge in [-0.3, -0.25) is 4.79 Å². The predicted molar refractivity (Wildman–Crippen MR) is 42.3 cm³/mol. The van der Waals surface area contributed by atoms with Crippen molar-refractivity contribution in [2.45, 2.75) is 19.4 Å². The Hall–Kier alpha value is -0.900. The summed E-state index contributed by atoms with van der Waals surface area (Å²) in [7, 11) is 1.40. The minimum Gasteiger partial charge on any atom is -0.367 e. The zero-order chi connectivity index (χ0) is 9.57. The van der Waals surface area contributed by atoms with E-state index in [0.29, 0.717) is 0 Å². The molecule has 1 saturated carbocycles. The first-order valence-corrected chi connectivity index (χ1v) is 3.75. The van der Waals surface area contributed by atoms with Gasteiger partial charge in [-0.2, -0.15) is 0 Å². The summed E-state index contributed by atoms with van der Waals surface area (Å²) in [6.07, 6.45) is 0.730. The highest BCUT2D eigenvalue weighted by Crippen LogP contribution is 2.62. The van der Waals surface area contributed by atoms with Crippen molar-refractivity contribution in [2.75, 3.05) is 7.11 Å². The van der Waals surface area contributed by atoms with Gasteiger partial charge in [-0.1, -0.05) is 13.8 Å². The third-order valence-corrected chi connectivity index (χ3v) is 2.91. The summed E-state index contributed by atoms with van der Waals surface area (Å²) in [6, 6.07) is 0. The number of carbonyl (C=O) groups is 2. The van der Waals surface area contributed by atoms with Gasteiger partial charge in [-0.25, -0.2) is 0 Å². The molecule has 2 atom stereocenters. The molecule has 0 saturated heterocycles. The summed E-state index contributed by atoms with van der Waals surface area (Å²) in [4.78, 5) is 21.6. The molecule has 2 N–H and O–H groups in total. The Morgan fingerprint density at radius 3 is 2.17 bits per heavy atom. The van der Waals surface area contributed by atoms with Crippen molar-refractivity contribution in [3.05, 3.63) is 0 Å². The molecule has 2 unspecified atom stereocenters. The van der Waals surface area contributed by atoms with E-state index in [-0.39, 0.29) is 0 Å². The predicted octanol–water partition coefficient (Wildman–Crippen LogP) is -0.288. The van der Waals surface area contributed by atoms with Crippen molar-refractivity contribution in [2.24, 2.45) is 17.1 Å². The Labute approximate surface area is 71.1 Å². The van der Waals surface area contributed by atoms with E-state index < -0.39 is 22.8 Å². The van der Waals surface area contributed by atoms with Crippen molar-refractivity contribution in [3.8, 4) is 0 Å². The lowest BCUT2D eigenvalue weighted by molar-refractivity contribution is -0.134. The smallest absolute Gasteiger partial charge is 0.251 e. The second-order valence-electron chi connectivity index (χ2n) is 3.64. The molecule has 0 aromatic carbocycles. The maximum Gasteiger partial charge on any atom is 0.251 e. The molecule has 4 nitrogen and oxygen atoms in total. The number of hydrogen-bond donors (Lipinski definition) is 1. The highest BCUT2D eigenvalue weighted by molar-refractivity contribution is 5.94. The van der Waals surface area contributed by atoms with Gasteiger partial charge in [-0.05, 0) is 0 Å². The van der Waals surface area contributed by atoms with E-state index in [9.17, 15) is 9.59 Å². The monoisotopic (exact) mass is 171 g/mol. The van der Waals surface area contributed by atoms with Gasteiger partial charge in [0, 0.05) is 12.5 Å². The van der Waals surface area contributed by atoms with E-state index >= 15 is 0 Å². The molecule has 1 fully saturated rings. The topological polar surface area (TPSA) is 69.4 Å². The molecular weight excluding hydrogens is 158 g/mol. The third kappa shape index (κ3) is 0.705. The number of amides is 1. The van der Waals surface area contributed by atoms with Crippen LogP contribution in [0.2, 0.25) is 0 Å². The van der Waals surface area contributed by atoms with E-state index in [2.05, 4.69) is 0 Å². The first kappa shape index (κ1) is 9.19. The molecule has 0 radical (unpaired) electrons. The van der Waals surface area contributed by atoms with Crippen LogP contribution in [0.3, 0.4) is 0 Å². The Bertz CT molecular complexity index is 236. The number of rotatable bonds is 3. The fourth-order valence-electron chi connectivity index (χ4n) is 1.99. The molecule has 12 heavy (non-hydrogen) atoms. The molecular formula is C8H13NO3. The quantitative estimate of drug-likeness (QED) is 0.593. The Balaban J connectivity index is 3.01. The maximum atomic E-state index is 11.0. The molecule has 1 aliphatic rings. The Morgan fingerprint density at radius 2 is 2.08 bits per heavy atom. The van der Waals surface area contributed by atoms with E-state index in [1.807, 2.05) is 0 Å². The largest absolute Gasteiger partial charge is 0.367 e. The van der Waals surface area contributed by atoms with E-state index in [1.165, 1.54) is 7.11 Å². The van der Waals surface area contributed by atoms with Crippen molar-refractivity contribution >= 4 is 12.2 Å². The van der Waals surface area contributed by atoms with Gasteiger partial charge >= 0.3 is 0 Å². The molecule has 1 amide bonds. The van der Waals surface area contributed by atoms with Crippen LogP contribution in [0, 0.1) is 11.3 Å². The molecule has 0 aromatic rings. The average molecular weight is 171 g/mol. The Kier molecular flexibility index (Phi) is 1.76. The Morgan fingerprint density at radius 1 is 1.58 bits per heavy atom. The molecule has 1 aliphatic carbocycles. The van der Waals surface area contributed by atoms with Crippen LogP contribution in [0.5, 0.6) is 0 Å². The number of aldehydes is 1. The van der Waals surface area contributed by atoms with E-state index in [0.717, 1.165) is 6.29 Å². The van der Waals surface area contributed by atoms with Gasteiger partial charge < -0.3 is 15.3 Å². The first-order valence-electron chi connectivity index (χ1n) is 3.75. The van der Waals surface area contributed by atoms with E-state index in [4.69, 9.17) is 10.5 Å². The van der Waals surface area contributed by atoms with Crippen LogP contribution in [-0.4, -0.2) is 24.9 Å². The average Bonchev–Trinajstić information content (AvgIpc) is 2.47. The SMILES string of the molecule is COC1(C(N)=O)C(C=O)C1(C)C. The summed E-state index contributed by atoms with van der Waals surface area (Å²) < 4.78 is 5.02. The fraction of sp³-hybridized carbons (Fsp3) is 0.750. The minimum absolute atomic E-state index is 0.410. The normalized spacial score (nSPS) is 37.4. The lowest BCUT2D eigenvalue weighted by Gasteiger charge is -2.13. The van der Waals surface area contributed by atoms with Gasteiger partial charge in [0.1, 0.15) is 6.29 Å². The molecule has 1 rings (SSSR count). The molecule has 0 heterocycles. The molecule has 0 aromatic heterocycles. The number of primary amides is 1. The van der Waals surface area contributed by atoms with Crippen LogP contribution >= 0.6 is 0 Å². The molecule has 4 heteroatoms. The van der Waals surface area contributed by atoms with Gasteiger partial charge in [-0.15, -0.1) is 0 Å². The van der Waals surface area contributed by atoms with Gasteiger partial charge in [0.05, 0.1) is 5.92 Å². The summed E-state index contributed by atoms with van der Waals surface area (Å²) in [5, 5.41) is 0. The lowest BCUT2D eigenvalue weighted by atomic mass is 10.1. The lowest BCUT2D eigenvalue weighted by Crippen LogP contribution is -2.37. The molecule has 68 valence electrons. The number of carbonyl (C=O) groups excluding carboxylic acids is 2. The summed E-state index contributed by atoms with van der Waals surface area (Å²) in [5.74, 6) is -0.973. The van der Waals surface area contributed by atoms with Crippen LogP contribution < -0.4 is 5.73 Å².